The molecule has 0 unspecified atom stereocenters. The van der Waals surface area contributed by atoms with Crippen molar-refractivity contribution >= 4 is 23.3 Å². The molecule has 3 rings (SSSR count). The predicted molar refractivity (Wildman–Crippen MR) is 93.7 cm³/mol. The average Bonchev–Trinajstić information content (AvgIpc) is 2.93. The number of nitrogens with one attached hydrogen (secondary N) is 3. The van der Waals surface area contributed by atoms with Gasteiger partial charge in [0.05, 0.1) is 12.5 Å². The normalized spacial score (nSPS) is 13.4. The molecule has 120 valence electrons. The van der Waals surface area contributed by atoms with E-state index in [1.165, 1.54) is 0 Å². The first-order valence-corrected chi connectivity index (χ1v) is 7.62. The second-order valence-corrected chi connectivity index (χ2v) is 5.69. The van der Waals surface area contributed by atoms with Gasteiger partial charge in [-0.25, -0.2) is 4.79 Å². The summed E-state index contributed by atoms with van der Waals surface area (Å²) in [6, 6.07) is 12.3. The molecule has 1 heterocycles. The van der Waals surface area contributed by atoms with Crippen molar-refractivity contribution in [2.45, 2.75) is 19.4 Å². The fraction of sp³-hybridized carbons (Fsp3) is 0.158. The van der Waals surface area contributed by atoms with E-state index in [2.05, 4.69) is 21.9 Å². The van der Waals surface area contributed by atoms with E-state index < -0.39 is 0 Å². The summed E-state index contributed by atoms with van der Waals surface area (Å²) in [5.41, 5.74) is 4.08. The van der Waals surface area contributed by atoms with Crippen LogP contribution in [0.3, 0.4) is 0 Å². The molecule has 0 saturated carbocycles. The van der Waals surface area contributed by atoms with Crippen molar-refractivity contribution in [2.24, 2.45) is 0 Å². The molecule has 0 aliphatic carbocycles. The van der Waals surface area contributed by atoms with Crippen molar-refractivity contribution in [1.29, 1.82) is 0 Å². The van der Waals surface area contributed by atoms with Gasteiger partial charge in [-0.1, -0.05) is 24.1 Å². The lowest BCUT2D eigenvalue weighted by Gasteiger charge is -2.16. The summed E-state index contributed by atoms with van der Waals surface area (Å²) in [5, 5.41) is 8.44. The number of fused-ring (bicyclic) bond motifs is 1. The Kier molecular flexibility index (Phi) is 4.21. The summed E-state index contributed by atoms with van der Waals surface area (Å²) < 4.78 is 0. The molecule has 5 heteroatoms. The Labute approximate surface area is 140 Å². The first-order valence-electron chi connectivity index (χ1n) is 7.62. The van der Waals surface area contributed by atoms with Gasteiger partial charge in [-0.3, -0.25) is 4.79 Å². The van der Waals surface area contributed by atoms with E-state index in [1.807, 2.05) is 25.1 Å². The summed E-state index contributed by atoms with van der Waals surface area (Å²) >= 11 is 0. The molecule has 0 spiro atoms. The van der Waals surface area contributed by atoms with E-state index in [4.69, 9.17) is 6.42 Å². The first-order chi connectivity index (χ1) is 11.5. The molecule has 0 bridgehead atoms. The molecule has 1 atom stereocenters. The average molecular weight is 319 g/mol. The third-order valence-electron chi connectivity index (χ3n) is 3.89. The molecule has 0 fully saturated rings. The number of terminal acetylenes is 1. The van der Waals surface area contributed by atoms with Gasteiger partial charge in [0.2, 0.25) is 5.91 Å². The number of anilines is 2. The zero-order valence-corrected chi connectivity index (χ0v) is 13.2. The Bertz CT molecular complexity index is 852. The van der Waals surface area contributed by atoms with Crippen molar-refractivity contribution in [3.05, 3.63) is 59.2 Å². The zero-order chi connectivity index (χ0) is 17.1. The molecule has 3 amide bonds. The first kappa shape index (κ1) is 15.6. The minimum absolute atomic E-state index is 0.00565. The highest BCUT2D eigenvalue weighted by atomic mass is 16.2. The molecule has 0 aromatic heterocycles. The van der Waals surface area contributed by atoms with Gasteiger partial charge in [-0.05, 0) is 42.3 Å². The molecule has 1 aliphatic heterocycles. The molecule has 2 aromatic carbocycles. The van der Waals surface area contributed by atoms with Crippen LogP contribution >= 0.6 is 0 Å². The Morgan fingerprint density at radius 2 is 2.12 bits per heavy atom. The summed E-state index contributed by atoms with van der Waals surface area (Å²) in [6.07, 6.45) is 5.73. The highest BCUT2D eigenvalue weighted by Gasteiger charge is 2.19. The molecule has 0 saturated heterocycles. The van der Waals surface area contributed by atoms with Crippen molar-refractivity contribution in [3.63, 3.8) is 0 Å². The Hall–Kier alpha value is -3.26. The fourth-order valence-corrected chi connectivity index (χ4v) is 2.65. The van der Waals surface area contributed by atoms with Crippen LogP contribution in [0.5, 0.6) is 0 Å². The number of benzene rings is 2. The Morgan fingerprint density at radius 3 is 2.92 bits per heavy atom. The van der Waals surface area contributed by atoms with Crippen LogP contribution in [0.15, 0.2) is 42.5 Å². The van der Waals surface area contributed by atoms with Gasteiger partial charge in [0.15, 0.2) is 0 Å². The lowest BCUT2D eigenvalue weighted by atomic mass is 10.0. The molecule has 2 aromatic rings. The largest absolute Gasteiger partial charge is 0.331 e. The summed E-state index contributed by atoms with van der Waals surface area (Å²) in [5.74, 6) is 2.52. The number of carbonyl (C=O) groups is 2. The van der Waals surface area contributed by atoms with Gasteiger partial charge in [0, 0.05) is 16.9 Å². The second kappa shape index (κ2) is 6.47. The van der Waals surface area contributed by atoms with Crippen LogP contribution in [0, 0.1) is 12.3 Å². The van der Waals surface area contributed by atoms with E-state index in [0.717, 1.165) is 16.8 Å². The maximum absolute atomic E-state index is 12.1. The van der Waals surface area contributed by atoms with Crippen molar-refractivity contribution in [1.82, 2.24) is 5.32 Å². The van der Waals surface area contributed by atoms with E-state index in [9.17, 15) is 9.59 Å². The lowest BCUT2D eigenvalue weighted by molar-refractivity contribution is -0.115. The Balaban J connectivity index is 1.65. The van der Waals surface area contributed by atoms with Crippen LogP contribution in [-0.2, 0) is 11.2 Å². The number of rotatable bonds is 3. The van der Waals surface area contributed by atoms with Crippen LogP contribution in [0.25, 0.3) is 0 Å². The number of amides is 3. The smallest absolute Gasteiger partial charge is 0.319 e. The van der Waals surface area contributed by atoms with E-state index in [0.29, 0.717) is 17.7 Å². The van der Waals surface area contributed by atoms with Crippen molar-refractivity contribution in [3.8, 4) is 12.3 Å². The maximum atomic E-state index is 12.1. The van der Waals surface area contributed by atoms with E-state index in [1.54, 1.807) is 24.3 Å². The predicted octanol–water partition coefficient (Wildman–Crippen LogP) is 3.05. The number of carbonyl (C=O) groups excluding carboxylic acids is 2. The van der Waals surface area contributed by atoms with Crippen molar-refractivity contribution in [2.75, 3.05) is 10.6 Å². The van der Waals surface area contributed by atoms with Crippen LogP contribution in [0.2, 0.25) is 0 Å². The van der Waals surface area contributed by atoms with E-state index >= 15 is 0 Å². The SMILES string of the molecule is C#Cc1cccc(NC(=O)N[C@H](C)c2ccc3c(c2)CC(=O)N3)c1. The van der Waals surface area contributed by atoms with E-state index in [-0.39, 0.29) is 18.0 Å². The molecule has 1 aliphatic rings. The number of hydrogen-bond acceptors (Lipinski definition) is 2. The van der Waals surface area contributed by atoms with Gasteiger partial charge in [-0.15, -0.1) is 6.42 Å². The lowest BCUT2D eigenvalue weighted by Crippen LogP contribution is -2.31. The van der Waals surface area contributed by atoms with Crippen LogP contribution in [0.4, 0.5) is 16.2 Å². The van der Waals surface area contributed by atoms with Crippen LogP contribution in [0.1, 0.15) is 29.7 Å². The van der Waals surface area contributed by atoms with Crippen LogP contribution in [-0.4, -0.2) is 11.9 Å². The topological polar surface area (TPSA) is 70.2 Å². The standard InChI is InChI=1S/C19H17N3O2/c1-3-13-5-4-6-16(9-13)21-19(24)20-12(2)14-7-8-17-15(10-14)11-18(23)22-17/h1,4-10,12H,11H2,2H3,(H,22,23)(H2,20,21,24)/t12-/m1/s1. The van der Waals surface area contributed by atoms with Crippen LogP contribution < -0.4 is 16.0 Å². The minimum atomic E-state index is -0.314. The van der Waals surface area contributed by atoms with Gasteiger partial charge in [-0.2, -0.15) is 0 Å². The van der Waals surface area contributed by atoms with Gasteiger partial charge < -0.3 is 16.0 Å². The molecule has 24 heavy (non-hydrogen) atoms. The minimum Gasteiger partial charge on any atom is -0.331 e. The third kappa shape index (κ3) is 3.39. The van der Waals surface area contributed by atoms with Crippen molar-refractivity contribution < 1.29 is 9.59 Å². The summed E-state index contributed by atoms with van der Waals surface area (Å²) in [4.78, 5) is 23.6. The summed E-state index contributed by atoms with van der Waals surface area (Å²) in [7, 11) is 0. The number of urea groups is 1. The fourth-order valence-electron chi connectivity index (χ4n) is 2.65. The van der Waals surface area contributed by atoms with Gasteiger partial charge in [0.1, 0.15) is 0 Å². The number of hydrogen-bond donors (Lipinski definition) is 3. The highest BCUT2D eigenvalue weighted by Crippen LogP contribution is 2.26. The molecular formula is C19H17N3O2. The second-order valence-electron chi connectivity index (χ2n) is 5.69. The van der Waals surface area contributed by atoms with Gasteiger partial charge >= 0.3 is 6.03 Å². The molecule has 0 radical (unpaired) electrons. The zero-order valence-electron chi connectivity index (χ0n) is 13.2. The molecule has 3 N–H and O–H groups in total. The Morgan fingerprint density at radius 1 is 1.29 bits per heavy atom. The monoisotopic (exact) mass is 319 g/mol. The molecule has 5 nitrogen and oxygen atoms in total. The maximum Gasteiger partial charge on any atom is 0.319 e. The molecular weight excluding hydrogens is 302 g/mol. The van der Waals surface area contributed by atoms with Gasteiger partial charge in [0.25, 0.3) is 0 Å². The third-order valence-corrected chi connectivity index (χ3v) is 3.89. The summed E-state index contributed by atoms with van der Waals surface area (Å²) in [6.45, 7) is 1.89. The quantitative estimate of drug-likeness (QED) is 0.761. The highest BCUT2D eigenvalue weighted by molar-refractivity contribution is 5.99.